The monoisotopic (exact) mass is 334 g/mol. The highest BCUT2D eigenvalue weighted by Gasteiger charge is 2.15. The summed E-state index contributed by atoms with van der Waals surface area (Å²) in [5.74, 6) is 0.282. The van der Waals surface area contributed by atoms with Crippen molar-refractivity contribution in [3.8, 4) is 0 Å². The van der Waals surface area contributed by atoms with Crippen LogP contribution in [0.2, 0.25) is 5.02 Å². The topological polar surface area (TPSA) is 62.6 Å². The third kappa shape index (κ3) is 5.79. The van der Waals surface area contributed by atoms with Gasteiger partial charge in [0.1, 0.15) is 5.76 Å². The first-order valence-corrected chi connectivity index (χ1v) is 7.71. The molecule has 0 aliphatic rings. The van der Waals surface area contributed by atoms with Crippen LogP contribution in [0, 0.1) is 0 Å². The lowest BCUT2D eigenvalue weighted by molar-refractivity contribution is -0.135. The Bertz CT molecular complexity index is 638. The highest BCUT2D eigenvalue weighted by molar-refractivity contribution is 6.30. The zero-order chi connectivity index (χ0) is 16.7. The van der Waals surface area contributed by atoms with Crippen LogP contribution >= 0.6 is 11.6 Å². The van der Waals surface area contributed by atoms with Gasteiger partial charge in [0.25, 0.3) is 0 Å². The minimum atomic E-state index is -0.194. The van der Waals surface area contributed by atoms with Gasteiger partial charge in [-0.1, -0.05) is 23.7 Å². The zero-order valence-electron chi connectivity index (χ0n) is 12.9. The van der Waals surface area contributed by atoms with Crippen LogP contribution < -0.4 is 5.32 Å². The molecule has 0 aliphatic heterocycles. The minimum absolute atomic E-state index is 0.0106. The molecule has 0 atom stereocenters. The molecule has 2 aromatic rings. The molecule has 1 N–H and O–H groups in total. The molecular formula is C17H19ClN2O3. The second-order valence-electron chi connectivity index (χ2n) is 5.18. The molecule has 23 heavy (non-hydrogen) atoms. The summed E-state index contributed by atoms with van der Waals surface area (Å²) >= 11 is 5.83. The van der Waals surface area contributed by atoms with Gasteiger partial charge in [-0.25, -0.2) is 0 Å². The maximum atomic E-state index is 12.0. The fraction of sp³-hybridized carbons (Fsp3) is 0.294. The van der Waals surface area contributed by atoms with E-state index in [1.807, 2.05) is 24.3 Å². The molecule has 0 saturated carbocycles. The van der Waals surface area contributed by atoms with Gasteiger partial charge < -0.3 is 14.6 Å². The number of halogens is 1. The van der Waals surface area contributed by atoms with Crippen LogP contribution in [0.1, 0.15) is 18.2 Å². The third-order valence-corrected chi connectivity index (χ3v) is 3.61. The van der Waals surface area contributed by atoms with Gasteiger partial charge in [-0.15, -0.1) is 0 Å². The Hall–Kier alpha value is -2.27. The summed E-state index contributed by atoms with van der Waals surface area (Å²) in [6, 6.07) is 11.0. The molecule has 1 aromatic heterocycles. The summed E-state index contributed by atoms with van der Waals surface area (Å²) in [6.07, 6.45) is 2.25. The van der Waals surface area contributed by atoms with E-state index in [1.54, 1.807) is 18.4 Å². The predicted molar refractivity (Wildman–Crippen MR) is 88.0 cm³/mol. The molecule has 0 spiro atoms. The standard InChI is InChI=1S/C17H19ClN2O3/c1-13(21)20(11-16-3-2-10-23-16)12-17(22)19-9-8-14-4-6-15(18)7-5-14/h2-7,10H,8-9,11-12H2,1H3,(H,19,22). The molecule has 0 unspecified atom stereocenters. The lowest BCUT2D eigenvalue weighted by Gasteiger charge is -2.19. The maximum Gasteiger partial charge on any atom is 0.239 e. The number of carbonyl (C=O) groups is 2. The molecule has 2 rings (SSSR count). The van der Waals surface area contributed by atoms with E-state index in [1.165, 1.54) is 11.8 Å². The van der Waals surface area contributed by atoms with Crippen molar-refractivity contribution in [2.24, 2.45) is 0 Å². The van der Waals surface area contributed by atoms with Gasteiger partial charge in [-0.2, -0.15) is 0 Å². The first kappa shape index (κ1) is 17.1. The van der Waals surface area contributed by atoms with E-state index >= 15 is 0 Å². The second kappa shape index (κ2) is 8.39. The van der Waals surface area contributed by atoms with Crippen molar-refractivity contribution in [3.63, 3.8) is 0 Å². The second-order valence-corrected chi connectivity index (χ2v) is 5.62. The molecule has 2 amide bonds. The van der Waals surface area contributed by atoms with Crippen LogP contribution in [0.25, 0.3) is 0 Å². The molecule has 0 aliphatic carbocycles. The summed E-state index contributed by atoms with van der Waals surface area (Å²) in [5, 5.41) is 3.50. The van der Waals surface area contributed by atoms with Gasteiger partial charge in [0.05, 0.1) is 19.4 Å². The SMILES string of the molecule is CC(=O)N(CC(=O)NCCc1ccc(Cl)cc1)Cc1ccco1. The van der Waals surface area contributed by atoms with Gasteiger partial charge in [-0.3, -0.25) is 9.59 Å². The van der Waals surface area contributed by atoms with Gasteiger partial charge in [0.15, 0.2) is 0 Å². The Kier molecular flexibility index (Phi) is 6.23. The average molecular weight is 335 g/mol. The van der Waals surface area contributed by atoms with Crippen molar-refractivity contribution >= 4 is 23.4 Å². The molecule has 0 saturated heterocycles. The molecule has 0 radical (unpaired) electrons. The van der Waals surface area contributed by atoms with E-state index in [9.17, 15) is 9.59 Å². The Morgan fingerprint density at radius 1 is 1.22 bits per heavy atom. The van der Waals surface area contributed by atoms with E-state index in [2.05, 4.69) is 5.32 Å². The number of carbonyl (C=O) groups excluding carboxylic acids is 2. The quantitative estimate of drug-likeness (QED) is 0.846. The smallest absolute Gasteiger partial charge is 0.239 e. The van der Waals surface area contributed by atoms with Crippen LogP contribution in [-0.4, -0.2) is 29.8 Å². The average Bonchev–Trinajstić information content (AvgIpc) is 3.01. The highest BCUT2D eigenvalue weighted by Crippen LogP contribution is 2.09. The van der Waals surface area contributed by atoms with Gasteiger partial charge >= 0.3 is 0 Å². The van der Waals surface area contributed by atoms with Crippen molar-refractivity contribution in [1.82, 2.24) is 10.2 Å². The number of benzene rings is 1. The maximum absolute atomic E-state index is 12.0. The molecule has 6 heteroatoms. The number of nitrogens with zero attached hydrogens (tertiary/aromatic N) is 1. The van der Waals surface area contributed by atoms with E-state index in [0.29, 0.717) is 23.7 Å². The number of nitrogens with one attached hydrogen (secondary N) is 1. The molecule has 5 nitrogen and oxygen atoms in total. The first-order chi connectivity index (χ1) is 11.0. The summed E-state index contributed by atoms with van der Waals surface area (Å²) in [7, 11) is 0. The zero-order valence-corrected chi connectivity index (χ0v) is 13.7. The van der Waals surface area contributed by atoms with Crippen LogP contribution in [0.15, 0.2) is 47.1 Å². The lowest BCUT2D eigenvalue weighted by Crippen LogP contribution is -2.39. The van der Waals surface area contributed by atoms with Crippen LogP contribution in [0.5, 0.6) is 0 Å². The number of hydrogen-bond acceptors (Lipinski definition) is 3. The van der Waals surface area contributed by atoms with Crippen molar-refractivity contribution in [3.05, 3.63) is 59.0 Å². The van der Waals surface area contributed by atoms with E-state index in [0.717, 1.165) is 5.56 Å². The third-order valence-electron chi connectivity index (χ3n) is 3.36. The normalized spacial score (nSPS) is 10.3. The molecule has 122 valence electrons. The van der Waals surface area contributed by atoms with Gasteiger partial charge in [-0.05, 0) is 36.2 Å². The fourth-order valence-corrected chi connectivity index (χ4v) is 2.22. The summed E-state index contributed by atoms with van der Waals surface area (Å²) in [6.45, 7) is 2.24. The Morgan fingerprint density at radius 2 is 1.96 bits per heavy atom. The predicted octanol–water partition coefficient (Wildman–Crippen LogP) is 2.64. The molecule has 1 heterocycles. The van der Waals surface area contributed by atoms with Crippen molar-refractivity contribution in [2.75, 3.05) is 13.1 Å². The number of amides is 2. The van der Waals surface area contributed by atoms with E-state index in [4.69, 9.17) is 16.0 Å². The number of hydrogen-bond donors (Lipinski definition) is 1. The molecule has 0 fully saturated rings. The minimum Gasteiger partial charge on any atom is -0.467 e. The highest BCUT2D eigenvalue weighted by atomic mass is 35.5. The van der Waals surface area contributed by atoms with Crippen LogP contribution in [-0.2, 0) is 22.6 Å². The largest absolute Gasteiger partial charge is 0.467 e. The van der Waals surface area contributed by atoms with Gasteiger partial charge in [0, 0.05) is 18.5 Å². The first-order valence-electron chi connectivity index (χ1n) is 7.33. The Balaban J connectivity index is 1.77. The summed E-state index contributed by atoms with van der Waals surface area (Å²) < 4.78 is 5.21. The van der Waals surface area contributed by atoms with Crippen LogP contribution in [0.4, 0.5) is 0 Å². The number of rotatable bonds is 7. The van der Waals surface area contributed by atoms with Crippen molar-refractivity contribution in [1.29, 1.82) is 0 Å². The van der Waals surface area contributed by atoms with E-state index in [-0.39, 0.29) is 24.9 Å². The lowest BCUT2D eigenvalue weighted by atomic mass is 10.1. The molecule has 1 aromatic carbocycles. The van der Waals surface area contributed by atoms with E-state index < -0.39 is 0 Å². The van der Waals surface area contributed by atoms with Crippen molar-refractivity contribution in [2.45, 2.75) is 19.9 Å². The summed E-state index contributed by atoms with van der Waals surface area (Å²) in [5.41, 5.74) is 1.09. The Labute approximate surface area is 140 Å². The summed E-state index contributed by atoms with van der Waals surface area (Å²) in [4.78, 5) is 25.0. The Morgan fingerprint density at radius 3 is 2.57 bits per heavy atom. The van der Waals surface area contributed by atoms with Crippen molar-refractivity contribution < 1.29 is 14.0 Å². The molecular weight excluding hydrogens is 316 g/mol. The van der Waals surface area contributed by atoms with Gasteiger partial charge in [0.2, 0.25) is 11.8 Å². The van der Waals surface area contributed by atoms with Crippen LogP contribution in [0.3, 0.4) is 0 Å². The molecule has 0 bridgehead atoms. The number of furan rings is 1. The fourth-order valence-electron chi connectivity index (χ4n) is 2.10.